The third-order valence-corrected chi connectivity index (χ3v) is 6.06. The molecule has 2 rings (SSSR count). The zero-order chi connectivity index (χ0) is 14.8. The fraction of sp³-hybridized carbons (Fsp3) is 0.571. The molecule has 1 saturated heterocycles. The zero-order valence-corrected chi connectivity index (χ0v) is 14.7. The van der Waals surface area contributed by atoms with Crippen LogP contribution in [0, 0.1) is 0 Å². The predicted octanol–water partition coefficient (Wildman–Crippen LogP) is 2.70. The molecule has 1 atom stereocenters. The normalized spacial score (nSPS) is 19.5. The Labute approximate surface area is 138 Å². The molecule has 0 bridgehead atoms. The average molecular weight is 353 g/mol. The molecular weight excluding hydrogens is 331 g/mol. The molecule has 1 heterocycles. The third kappa shape index (κ3) is 4.11. The first-order valence-electron chi connectivity index (χ1n) is 6.95. The van der Waals surface area contributed by atoms with Crippen molar-refractivity contribution in [3.63, 3.8) is 0 Å². The smallest absolute Gasteiger partial charge is 0.244 e. The maximum Gasteiger partial charge on any atom is 0.244 e. The van der Waals surface area contributed by atoms with Gasteiger partial charge in [-0.25, -0.2) is 8.42 Å². The Balaban J connectivity index is 0.00000220. The van der Waals surface area contributed by atoms with Crippen LogP contribution in [0.3, 0.4) is 0 Å². The summed E-state index contributed by atoms with van der Waals surface area (Å²) in [6.45, 7) is 3.12. The van der Waals surface area contributed by atoms with Crippen molar-refractivity contribution in [3.05, 3.63) is 28.8 Å². The van der Waals surface area contributed by atoms with E-state index >= 15 is 0 Å². The van der Waals surface area contributed by atoms with Crippen molar-refractivity contribution in [2.45, 2.75) is 37.1 Å². The predicted molar refractivity (Wildman–Crippen MR) is 88.9 cm³/mol. The second-order valence-electron chi connectivity index (χ2n) is 5.15. The lowest BCUT2D eigenvalue weighted by Gasteiger charge is -2.18. The summed E-state index contributed by atoms with van der Waals surface area (Å²) in [5, 5.41) is 3.43. The van der Waals surface area contributed by atoms with Gasteiger partial charge in [0.1, 0.15) is 4.90 Å². The van der Waals surface area contributed by atoms with E-state index in [0.29, 0.717) is 18.1 Å². The van der Waals surface area contributed by atoms with Crippen LogP contribution in [0.15, 0.2) is 23.1 Å². The quantitative estimate of drug-likeness (QED) is 0.886. The highest BCUT2D eigenvalue weighted by molar-refractivity contribution is 7.89. The second kappa shape index (κ2) is 7.79. The van der Waals surface area contributed by atoms with Gasteiger partial charge in [-0.1, -0.05) is 31.0 Å². The summed E-state index contributed by atoms with van der Waals surface area (Å²) < 4.78 is 26.9. The number of nitrogens with zero attached hydrogens (tertiary/aromatic N) is 1. The summed E-state index contributed by atoms with van der Waals surface area (Å²) in [4.78, 5) is 0.238. The lowest BCUT2D eigenvalue weighted by molar-refractivity contribution is 0.464. The molecule has 1 aliphatic rings. The highest BCUT2D eigenvalue weighted by Gasteiger charge is 2.33. The van der Waals surface area contributed by atoms with Crippen LogP contribution < -0.4 is 5.32 Å². The number of benzene rings is 1. The Bertz CT molecular complexity index is 578. The van der Waals surface area contributed by atoms with E-state index in [-0.39, 0.29) is 23.3 Å². The highest BCUT2D eigenvalue weighted by atomic mass is 35.5. The minimum Gasteiger partial charge on any atom is -0.316 e. The van der Waals surface area contributed by atoms with Gasteiger partial charge in [-0.05, 0) is 37.6 Å². The number of rotatable bonds is 5. The maximum atomic E-state index is 12.7. The number of nitrogens with one attached hydrogen (secondary N) is 1. The van der Waals surface area contributed by atoms with Crippen LogP contribution in [0.1, 0.15) is 25.3 Å². The van der Waals surface area contributed by atoms with Crippen LogP contribution in [0.5, 0.6) is 0 Å². The van der Waals surface area contributed by atoms with Crippen LogP contribution in [-0.2, 0) is 16.4 Å². The van der Waals surface area contributed by atoms with Crippen molar-refractivity contribution >= 4 is 34.0 Å². The van der Waals surface area contributed by atoms with Gasteiger partial charge in [-0.15, -0.1) is 12.4 Å². The third-order valence-electron chi connectivity index (χ3n) is 3.71. The summed E-state index contributed by atoms with van der Waals surface area (Å²) in [5.41, 5.74) is 1.01. The van der Waals surface area contributed by atoms with E-state index in [4.69, 9.17) is 11.6 Å². The van der Waals surface area contributed by atoms with Crippen molar-refractivity contribution in [1.82, 2.24) is 9.62 Å². The lowest BCUT2D eigenvalue weighted by atomic mass is 10.1. The van der Waals surface area contributed by atoms with E-state index in [2.05, 4.69) is 12.2 Å². The van der Waals surface area contributed by atoms with Crippen LogP contribution >= 0.6 is 24.0 Å². The molecule has 1 unspecified atom stereocenters. The minimum atomic E-state index is -3.49. The largest absolute Gasteiger partial charge is 0.316 e. The van der Waals surface area contributed by atoms with Gasteiger partial charge in [0.25, 0.3) is 0 Å². The van der Waals surface area contributed by atoms with Crippen molar-refractivity contribution in [2.24, 2.45) is 0 Å². The number of hydrogen-bond donors (Lipinski definition) is 1. The molecular formula is C14H22Cl2N2O2S. The Morgan fingerprint density at radius 1 is 1.43 bits per heavy atom. The van der Waals surface area contributed by atoms with Crippen molar-refractivity contribution in [2.75, 3.05) is 20.1 Å². The first kappa shape index (κ1) is 18.7. The summed E-state index contributed by atoms with van der Waals surface area (Å²) >= 11 is 6.11. The summed E-state index contributed by atoms with van der Waals surface area (Å²) in [6, 6.07) is 5.52. The van der Waals surface area contributed by atoms with Gasteiger partial charge in [0, 0.05) is 19.1 Å². The molecule has 7 heteroatoms. The molecule has 1 aliphatic heterocycles. The molecule has 0 radical (unpaired) electrons. The number of hydrogen-bond acceptors (Lipinski definition) is 3. The molecule has 0 amide bonds. The molecule has 1 aromatic rings. The molecule has 1 N–H and O–H groups in total. The summed E-state index contributed by atoms with van der Waals surface area (Å²) in [6.07, 6.45) is 2.67. The number of likely N-dealkylation sites (N-methyl/N-ethyl adjacent to an activating group) is 1. The molecule has 0 saturated carbocycles. The van der Waals surface area contributed by atoms with E-state index < -0.39 is 10.0 Å². The van der Waals surface area contributed by atoms with Crippen LogP contribution in [0.2, 0.25) is 5.02 Å². The van der Waals surface area contributed by atoms with E-state index in [1.165, 1.54) is 4.31 Å². The fourth-order valence-corrected chi connectivity index (χ4v) is 4.54. The lowest BCUT2D eigenvalue weighted by Crippen LogP contribution is -2.33. The molecule has 0 aliphatic carbocycles. The minimum absolute atomic E-state index is 0. The van der Waals surface area contributed by atoms with Crippen LogP contribution in [0.25, 0.3) is 0 Å². The van der Waals surface area contributed by atoms with Crippen molar-refractivity contribution < 1.29 is 8.42 Å². The van der Waals surface area contributed by atoms with Gasteiger partial charge >= 0.3 is 0 Å². The molecule has 4 nitrogen and oxygen atoms in total. The first-order chi connectivity index (χ1) is 9.48. The molecule has 21 heavy (non-hydrogen) atoms. The Morgan fingerprint density at radius 2 is 2.14 bits per heavy atom. The van der Waals surface area contributed by atoms with Crippen molar-refractivity contribution in [1.29, 1.82) is 0 Å². The second-order valence-corrected chi connectivity index (χ2v) is 7.47. The van der Waals surface area contributed by atoms with E-state index in [9.17, 15) is 8.42 Å². The standard InChI is InChI=1S/C14H21ClN2O2S.ClH/c1-3-4-11-5-6-13(15)14(9-11)20(18,19)17-8-7-12(10-17)16-2;/h5-6,9,12,16H,3-4,7-8,10H2,1-2H3;1H. The molecule has 1 fully saturated rings. The van der Waals surface area contributed by atoms with Crippen molar-refractivity contribution in [3.8, 4) is 0 Å². The monoisotopic (exact) mass is 352 g/mol. The zero-order valence-electron chi connectivity index (χ0n) is 12.3. The van der Waals surface area contributed by atoms with Crippen LogP contribution in [-0.4, -0.2) is 38.9 Å². The van der Waals surface area contributed by atoms with Gasteiger partial charge in [0.2, 0.25) is 10.0 Å². The van der Waals surface area contributed by atoms with E-state index in [1.807, 2.05) is 13.1 Å². The average Bonchev–Trinajstić information content (AvgIpc) is 2.90. The van der Waals surface area contributed by atoms with Gasteiger partial charge in [0.15, 0.2) is 0 Å². The maximum absolute atomic E-state index is 12.7. The van der Waals surface area contributed by atoms with Gasteiger partial charge in [0.05, 0.1) is 5.02 Å². The van der Waals surface area contributed by atoms with Gasteiger partial charge in [-0.2, -0.15) is 4.31 Å². The summed E-state index contributed by atoms with van der Waals surface area (Å²) in [5.74, 6) is 0. The fourth-order valence-electron chi connectivity index (χ4n) is 2.51. The Hall–Kier alpha value is -0.330. The summed E-state index contributed by atoms with van der Waals surface area (Å²) in [7, 11) is -1.64. The van der Waals surface area contributed by atoms with Gasteiger partial charge in [-0.3, -0.25) is 0 Å². The van der Waals surface area contributed by atoms with Gasteiger partial charge < -0.3 is 5.32 Å². The molecule has 0 aromatic heterocycles. The molecule has 0 spiro atoms. The number of sulfonamides is 1. The number of aryl methyl sites for hydroxylation is 1. The Morgan fingerprint density at radius 3 is 2.71 bits per heavy atom. The van der Waals surface area contributed by atoms with E-state index in [1.54, 1.807) is 12.1 Å². The number of halogens is 2. The SMILES string of the molecule is CCCc1ccc(Cl)c(S(=O)(=O)N2CCC(NC)C2)c1.Cl. The molecule has 120 valence electrons. The van der Waals surface area contributed by atoms with Crippen LogP contribution in [0.4, 0.5) is 0 Å². The first-order valence-corrected chi connectivity index (χ1v) is 8.76. The molecule has 1 aromatic carbocycles. The van der Waals surface area contributed by atoms with E-state index in [0.717, 1.165) is 24.8 Å². The Kier molecular flexibility index (Phi) is 6.94. The topological polar surface area (TPSA) is 49.4 Å². The highest BCUT2D eigenvalue weighted by Crippen LogP contribution is 2.28.